The fraction of sp³-hybridized carbons (Fsp3) is 0.458. The lowest BCUT2D eigenvalue weighted by Crippen LogP contribution is -2.18. The molecule has 27 heavy (non-hydrogen) atoms. The van der Waals surface area contributed by atoms with E-state index >= 15 is 0 Å². The van der Waals surface area contributed by atoms with Gasteiger partial charge in [-0.25, -0.2) is 0 Å². The highest BCUT2D eigenvalue weighted by Crippen LogP contribution is 2.37. The van der Waals surface area contributed by atoms with E-state index in [1.807, 2.05) is 12.3 Å². The molecule has 3 rings (SSSR count). The first-order valence-electron chi connectivity index (χ1n) is 10.1. The van der Waals surface area contributed by atoms with Gasteiger partial charge >= 0.3 is 0 Å². The molecule has 0 saturated carbocycles. The Hall–Kier alpha value is -2.29. The fourth-order valence-corrected chi connectivity index (χ4v) is 3.88. The van der Waals surface area contributed by atoms with E-state index < -0.39 is 0 Å². The van der Waals surface area contributed by atoms with E-state index in [9.17, 15) is 5.11 Å². The lowest BCUT2D eigenvalue weighted by molar-refractivity contribution is 0.474. The van der Waals surface area contributed by atoms with E-state index in [1.165, 1.54) is 24.0 Å². The number of phenolic OH excluding ortho intramolecular Hbond substituents is 1. The Morgan fingerprint density at radius 3 is 2.15 bits per heavy atom. The van der Waals surface area contributed by atoms with Crippen molar-refractivity contribution in [2.45, 2.75) is 59.3 Å². The van der Waals surface area contributed by atoms with Gasteiger partial charge in [0.2, 0.25) is 0 Å². The number of rotatable bonds is 5. The summed E-state index contributed by atoms with van der Waals surface area (Å²) in [6, 6.07) is 10.5. The van der Waals surface area contributed by atoms with Crippen LogP contribution >= 0.6 is 0 Å². The lowest BCUT2D eigenvalue weighted by atomic mass is 9.93. The van der Waals surface area contributed by atoms with Gasteiger partial charge in [-0.2, -0.15) is 0 Å². The Morgan fingerprint density at radius 1 is 1.00 bits per heavy atom. The van der Waals surface area contributed by atoms with Gasteiger partial charge in [-0.1, -0.05) is 45.9 Å². The van der Waals surface area contributed by atoms with Crippen molar-refractivity contribution in [3.05, 3.63) is 52.6 Å². The molecule has 1 aliphatic rings. The summed E-state index contributed by atoms with van der Waals surface area (Å²) in [7, 11) is 0. The van der Waals surface area contributed by atoms with E-state index in [0.717, 1.165) is 35.6 Å². The predicted molar refractivity (Wildman–Crippen MR) is 116 cm³/mol. The van der Waals surface area contributed by atoms with Crippen molar-refractivity contribution in [2.75, 3.05) is 18.0 Å². The lowest BCUT2D eigenvalue weighted by Gasteiger charge is -2.21. The van der Waals surface area contributed by atoms with Crippen LogP contribution in [0.1, 0.15) is 74.6 Å². The van der Waals surface area contributed by atoms with Crippen LogP contribution in [-0.4, -0.2) is 24.4 Å². The summed E-state index contributed by atoms with van der Waals surface area (Å²) in [5, 5.41) is 10.9. The van der Waals surface area contributed by atoms with Crippen LogP contribution in [0.4, 0.5) is 11.4 Å². The maximum Gasteiger partial charge on any atom is 0.147 e. The predicted octanol–water partition coefficient (Wildman–Crippen LogP) is 6.30. The van der Waals surface area contributed by atoms with Gasteiger partial charge in [-0.15, -0.1) is 0 Å². The number of benzene rings is 2. The van der Waals surface area contributed by atoms with E-state index in [4.69, 9.17) is 4.99 Å². The molecule has 1 saturated heterocycles. The Bertz CT molecular complexity index is 804. The highest BCUT2D eigenvalue weighted by atomic mass is 16.3. The Labute approximate surface area is 163 Å². The maximum absolute atomic E-state index is 10.9. The average Bonchev–Trinajstić information content (AvgIpc) is 3.16. The van der Waals surface area contributed by atoms with Crippen LogP contribution in [0.5, 0.6) is 5.75 Å². The van der Waals surface area contributed by atoms with Gasteiger partial charge in [0.1, 0.15) is 5.75 Å². The van der Waals surface area contributed by atoms with Crippen molar-refractivity contribution in [3.63, 3.8) is 0 Å². The number of aliphatic imine (C=N–C) groups is 1. The van der Waals surface area contributed by atoms with E-state index in [1.54, 1.807) is 0 Å². The molecule has 1 aliphatic heterocycles. The van der Waals surface area contributed by atoms with E-state index in [-0.39, 0.29) is 0 Å². The Kier molecular flexibility index (Phi) is 5.88. The first-order chi connectivity index (χ1) is 12.9. The second kappa shape index (κ2) is 8.16. The first-order valence-corrected chi connectivity index (χ1v) is 10.1. The monoisotopic (exact) mass is 364 g/mol. The van der Waals surface area contributed by atoms with E-state index in [2.05, 4.69) is 63.8 Å². The summed E-state index contributed by atoms with van der Waals surface area (Å²) < 4.78 is 0. The molecule has 0 spiro atoms. The second-order valence-electron chi connectivity index (χ2n) is 8.27. The van der Waals surface area contributed by atoms with Crippen LogP contribution in [-0.2, 0) is 0 Å². The van der Waals surface area contributed by atoms with Gasteiger partial charge in [0.25, 0.3) is 0 Å². The molecule has 0 aromatic heterocycles. The summed E-state index contributed by atoms with van der Waals surface area (Å²) in [6.07, 6.45) is 4.22. The minimum absolute atomic E-state index is 0.347. The molecule has 3 heteroatoms. The van der Waals surface area contributed by atoms with Gasteiger partial charge in [-0.3, -0.25) is 4.99 Å². The smallest absolute Gasteiger partial charge is 0.147 e. The molecular weight excluding hydrogens is 332 g/mol. The van der Waals surface area contributed by atoms with Crippen LogP contribution in [0, 0.1) is 6.92 Å². The highest BCUT2D eigenvalue weighted by molar-refractivity contribution is 5.89. The summed E-state index contributed by atoms with van der Waals surface area (Å²) in [4.78, 5) is 7.16. The number of hydrogen-bond acceptors (Lipinski definition) is 3. The van der Waals surface area contributed by atoms with Gasteiger partial charge in [0.15, 0.2) is 0 Å². The maximum atomic E-state index is 10.9. The highest BCUT2D eigenvalue weighted by Gasteiger charge is 2.18. The number of aromatic hydroxyl groups is 1. The third-order valence-electron chi connectivity index (χ3n) is 5.39. The van der Waals surface area contributed by atoms with Crippen molar-refractivity contribution in [2.24, 2.45) is 4.99 Å². The number of hydrogen-bond donors (Lipinski definition) is 1. The average molecular weight is 365 g/mol. The molecule has 0 aliphatic carbocycles. The molecule has 0 bridgehead atoms. The minimum atomic E-state index is 0.347. The first kappa shape index (κ1) is 19.5. The van der Waals surface area contributed by atoms with Crippen molar-refractivity contribution >= 4 is 17.6 Å². The molecule has 0 unspecified atom stereocenters. The largest absolute Gasteiger partial charge is 0.505 e. The third kappa shape index (κ3) is 4.18. The van der Waals surface area contributed by atoms with E-state index in [0.29, 0.717) is 17.6 Å². The van der Waals surface area contributed by atoms with Crippen LogP contribution in [0.3, 0.4) is 0 Å². The zero-order chi connectivity index (χ0) is 19.6. The molecule has 2 aromatic carbocycles. The molecule has 1 heterocycles. The molecule has 2 aromatic rings. The van der Waals surface area contributed by atoms with Gasteiger partial charge in [-0.05, 0) is 60.4 Å². The molecule has 0 amide bonds. The second-order valence-corrected chi connectivity index (χ2v) is 8.27. The van der Waals surface area contributed by atoms with Crippen LogP contribution in [0.2, 0.25) is 0 Å². The number of anilines is 1. The molecule has 0 atom stereocenters. The number of aryl methyl sites for hydroxylation is 1. The molecule has 3 nitrogen and oxygen atoms in total. The van der Waals surface area contributed by atoms with Crippen molar-refractivity contribution < 1.29 is 5.11 Å². The van der Waals surface area contributed by atoms with Gasteiger partial charge < -0.3 is 10.0 Å². The van der Waals surface area contributed by atoms with Crippen LogP contribution < -0.4 is 4.90 Å². The van der Waals surface area contributed by atoms with Gasteiger partial charge in [0, 0.05) is 24.9 Å². The third-order valence-corrected chi connectivity index (χ3v) is 5.39. The molecule has 144 valence electrons. The van der Waals surface area contributed by atoms with Crippen molar-refractivity contribution in [1.29, 1.82) is 0 Å². The van der Waals surface area contributed by atoms with Crippen LogP contribution in [0.15, 0.2) is 35.3 Å². The normalized spacial score (nSPS) is 14.9. The fourth-order valence-electron chi connectivity index (χ4n) is 3.88. The molecule has 1 fully saturated rings. The van der Waals surface area contributed by atoms with Crippen LogP contribution in [0.25, 0.3) is 0 Å². The molecule has 0 radical (unpaired) electrons. The number of para-hydroxylation sites is 1. The Balaban J connectivity index is 2.04. The molecular formula is C24H32N2O. The minimum Gasteiger partial charge on any atom is -0.505 e. The SMILES string of the molecule is Cc1cc(C=Nc2c(C(C)C)cccc2C(C)C)c(O)c(N2CCCC2)c1. The summed E-state index contributed by atoms with van der Waals surface area (Å²) in [6.45, 7) is 12.9. The summed E-state index contributed by atoms with van der Waals surface area (Å²) in [5.74, 6) is 1.16. The number of phenols is 1. The topological polar surface area (TPSA) is 35.8 Å². The quantitative estimate of drug-likeness (QED) is 0.632. The summed E-state index contributed by atoms with van der Waals surface area (Å²) in [5.41, 5.74) is 6.44. The van der Waals surface area contributed by atoms with Crippen molar-refractivity contribution in [3.8, 4) is 5.75 Å². The molecule has 1 N–H and O–H groups in total. The number of nitrogens with zero attached hydrogens (tertiary/aromatic N) is 2. The van der Waals surface area contributed by atoms with Gasteiger partial charge in [0.05, 0.1) is 11.4 Å². The standard InChI is InChI=1S/C24H32N2O/c1-16(2)20-9-8-10-21(17(3)4)23(20)25-15-19-13-18(5)14-22(24(19)27)26-11-6-7-12-26/h8-10,13-17,27H,6-7,11-12H2,1-5H3. The summed E-state index contributed by atoms with van der Waals surface area (Å²) >= 11 is 0. The zero-order valence-electron chi connectivity index (χ0n) is 17.3. The zero-order valence-corrected chi connectivity index (χ0v) is 17.3. The van der Waals surface area contributed by atoms with Crippen molar-refractivity contribution in [1.82, 2.24) is 0 Å². The Morgan fingerprint density at radius 2 is 1.59 bits per heavy atom.